The molecule has 0 N–H and O–H groups in total. The normalized spacial score (nSPS) is 21.3. The Bertz CT molecular complexity index is 842. The van der Waals surface area contributed by atoms with Gasteiger partial charge >= 0.3 is 0 Å². The molecule has 3 nitrogen and oxygen atoms in total. The molecular weight excluding hydrogens is 278 g/mol. The van der Waals surface area contributed by atoms with Gasteiger partial charge in [0.1, 0.15) is 0 Å². The highest BCUT2D eigenvalue weighted by molar-refractivity contribution is 7.12. The van der Waals surface area contributed by atoms with Crippen LogP contribution in [0.3, 0.4) is 0 Å². The zero-order chi connectivity index (χ0) is 14.4. The lowest BCUT2D eigenvalue weighted by Gasteiger charge is -2.29. The van der Waals surface area contributed by atoms with E-state index in [0.717, 1.165) is 29.6 Å². The molecule has 0 spiro atoms. The average molecular weight is 295 g/mol. The van der Waals surface area contributed by atoms with Crippen LogP contribution in [-0.4, -0.2) is 20.9 Å². The van der Waals surface area contributed by atoms with Gasteiger partial charge in [-0.1, -0.05) is 6.92 Å². The molecule has 0 saturated heterocycles. The smallest absolute Gasteiger partial charge is 0.0845 e. The molecule has 0 saturated carbocycles. The van der Waals surface area contributed by atoms with E-state index < -0.39 is 0 Å². The number of nitrogens with zero attached hydrogens (tertiary/aromatic N) is 3. The first-order valence-corrected chi connectivity index (χ1v) is 8.17. The summed E-state index contributed by atoms with van der Waals surface area (Å²) in [4.78, 5) is 6.39. The van der Waals surface area contributed by atoms with E-state index in [4.69, 9.17) is 4.99 Å². The summed E-state index contributed by atoms with van der Waals surface area (Å²) in [6.07, 6.45) is 5.98. The first kappa shape index (κ1) is 12.8. The van der Waals surface area contributed by atoms with Crippen molar-refractivity contribution < 1.29 is 0 Å². The van der Waals surface area contributed by atoms with Gasteiger partial charge in [0.25, 0.3) is 0 Å². The molecule has 0 amide bonds. The van der Waals surface area contributed by atoms with Gasteiger partial charge in [-0.2, -0.15) is 5.10 Å². The molecule has 3 aromatic rings. The van der Waals surface area contributed by atoms with Crippen LogP contribution in [0.4, 0.5) is 0 Å². The van der Waals surface area contributed by atoms with Crippen molar-refractivity contribution in [1.82, 2.24) is 9.61 Å². The van der Waals surface area contributed by atoms with Gasteiger partial charge in [-0.15, -0.1) is 11.3 Å². The van der Waals surface area contributed by atoms with Crippen molar-refractivity contribution >= 4 is 22.6 Å². The van der Waals surface area contributed by atoms with Crippen molar-refractivity contribution in [3.05, 3.63) is 58.0 Å². The highest BCUT2D eigenvalue weighted by Gasteiger charge is 2.30. The lowest BCUT2D eigenvalue weighted by atomic mass is 9.86. The highest BCUT2D eigenvalue weighted by atomic mass is 32.1. The summed E-state index contributed by atoms with van der Waals surface area (Å²) in [7, 11) is 0. The first-order valence-electron chi connectivity index (χ1n) is 7.29. The molecule has 4 rings (SSSR count). The Morgan fingerprint density at radius 3 is 3.14 bits per heavy atom. The first-order chi connectivity index (χ1) is 10.2. The molecule has 0 fully saturated rings. The number of hydrogen-bond donors (Lipinski definition) is 0. The minimum absolute atomic E-state index is 0.00245. The summed E-state index contributed by atoms with van der Waals surface area (Å²) >= 11 is 1.78. The zero-order valence-electron chi connectivity index (χ0n) is 12.2. The van der Waals surface area contributed by atoms with E-state index >= 15 is 0 Å². The van der Waals surface area contributed by atoms with Gasteiger partial charge in [-0.3, -0.25) is 4.99 Å². The molecule has 1 unspecified atom stereocenters. The van der Waals surface area contributed by atoms with Crippen LogP contribution in [-0.2, 0) is 6.42 Å². The second-order valence-electron chi connectivity index (χ2n) is 5.88. The minimum Gasteiger partial charge on any atom is -0.277 e. The molecule has 3 aromatic heterocycles. The lowest BCUT2D eigenvalue weighted by molar-refractivity contribution is 0.449. The number of rotatable bonds is 2. The minimum atomic E-state index is -0.00245. The van der Waals surface area contributed by atoms with Gasteiger partial charge in [0.2, 0.25) is 0 Å². The molecule has 0 radical (unpaired) electrons. The maximum atomic E-state index is 5.09. The topological polar surface area (TPSA) is 29.7 Å². The molecule has 4 heterocycles. The van der Waals surface area contributed by atoms with E-state index in [9.17, 15) is 0 Å². The third-order valence-electron chi connectivity index (χ3n) is 4.33. The molecule has 0 bridgehead atoms. The monoisotopic (exact) mass is 295 g/mol. The molecule has 1 atom stereocenters. The maximum Gasteiger partial charge on any atom is 0.0845 e. The van der Waals surface area contributed by atoms with E-state index in [2.05, 4.69) is 42.5 Å². The van der Waals surface area contributed by atoms with Crippen LogP contribution in [0.2, 0.25) is 0 Å². The summed E-state index contributed by atoms with van der Waals surface area (Å²) < 4.78 is 1.89. The third-order valence-corrected chi connectivity index (χ3v) is 5.30. The Hall–Kier alpha value is -1.94. The number of hydrogen-bond acceptors (Lipinski definition) is 3. The van der Waals surface area contributed by atoms with E-state index in [1.165, 1.54) is 10.4 Å². The summed E-state index contributed by atoms with van der Waals surface area (Å²) in [5.74, 6) is 0. The number of thiophene rings is 1. The third kappa shape index (κ3) is 2.02. The largest absolute Gasteiger partial charge is 0.277 e. The van der Waals surface area contributed by atoms with Gasteiger partial charge in [0.15, 0.2) is 0 Å². The van der Waals surface area contributed by atoms with Crippen molar-refractivity contribution in [2.75, 3.05) is 0 Å². The van der Waals surface area contributed by atoms with Crippen LogP contribution < -0.4 is 0 Å². The van der Waals surface area contributed by atoms with Crippen LogP contribution >= 0.6 is 11.3 Å². The summed E-state index contributed by atoms with van der Waals surface area (Å²) in [5, 5.41) is 6.66. The fourth-order valence-corrected chi connectivity index (χ4v) is 3.84. The van der Waals surface area contributed by atoms with Crippen LogP contribution in [0.5, 0.6) is 0 Å². The molecule has 0 aliphatic carbocycles. The standard InChI is InChI=1S/C17H17N3S/c1-3-17(2)10-12-6-8-21-16(12)15(19-17)13-9-14-5-4-7-20(14)18-11-13/h4-9,11H,3,10H2,1-2H3. The van der Waals surface area contributed by atoms with Crippen LogP contribution in [0.25, 0.3) is 5.52 Å². The Labute approximate surface area is 128 Å². The van der Waals surface area contributed by atoms with Crippen LogP contribution in [0.15, 0.2) is 47.0 Å². The molecule has 21 heavy (non-hydrogen) atoms. The van der Waals surface area contributed by atoms with Crippen molar-refractivity contribution in [2.45, 2.75) is 32.2 Å². The molecule has 106 valence electrons. The van der Waals surface area contributed by atoms with Gasteiger partial charge in [0.05, 0.1) is 27.8 Å². The number of aliphatic imine (C=N–C) groups is 1. The van der Waals surface area contributed by atoms with Gasteiger partial charge in [0, 0.05) is 11.8 Å². The van der Waals surface area contributed by atoms with E-state index in [1.54, 1.807) is 11.3 Å². The summed E-state index contributed by atoms with van der Waals surface area (Å²) in [6, 6.07) is 8.51. The van der Waals surface area contributed by atoms with E-state index in [0.29, 0.717) is 0 Å². The van der Waals surface area contributed by atoms with Gasteiger partial charge in [-0.05, 0) is 55.0 Å². The number of fused-ring (bicyclic) bond motifs is 2. The van der Waals surface area contributed by atoms with Gasteiger partial charge in [-0.25, -0.2) is 4.52 Å². The molecule has 1 aliphatic rings. The van der Waals surface area contributed by atoms with E-state index in [-0.39, 0.29) is 5.54 Å². The van der Waals surface area contributed by atoms with E-state index in [1.807, 2.05) is 23.0 Å². The molecular formula is C17H17N3S. The Morgan fingerprint density at radius 1 is 1.38 bits per heavy atom. The molecule has 1 aliphatic heterocycles. The predicted octanol–water partition coefficient (Wildman–Crippen LogP) is 3.96. The fraction of sp³-hybridized carbons (Fsp3) is 0.294. The van der Waals surface area contributed by atoms with Crippen LogP contribution in [0, 0.1) is 0 Å². The fourth-order valence-electron chi connectivity index (χ4n) is 2.91. The second kappa shape index (κ2) is 4.53. The Morgan fingerprint density at radius 2 is 2.29 bits per heavy atom. The van der Waals surface area contributed by atoms with Crippen molar-refractivity contribution in [2.24, 2.45) is 4.99 Å². The summed E-state index contributed by atoms with van der Waals surface area (Å²) in [5.41, 5.74) is 4.75. The predicted molar refractivity (Wildman–Crippen MR) is 87.6 cm³/mol. The maximum absolute atomic E-state index is 5.09. The van der Waals surface area contributed by atoms with Crippen LogP contribution in [0.1, 0.15) is 36.3 Å². The van der Waals surface area contributed by atoms with Crippen molar-refractivity contribution in [3.8, 4) is 0 Å². The Balaban J connectivity index is 1.91. The molecule has 0 aromatic carbocycles. The second-order valence-corrected chi connectivity index (χ2v) is 6.80. The highest BCUT2D eigenvalue weighted by Crippen LogP contribution is 2.34. The lowest BCUT2D eigenvalue weighted by Crippen LogP contribution is -2.31. The summed E-state index contributed by atoms with van der Waals surface area (Å²) in [6.45, 7) is 4.46. The number of aromatic nitrogens is 2. The zero-order valence-corrected chi connectivity index (χ0v) is 13.0. The van der Waals surface area contributed by atoms with Crippen molar-refractivity contribution in [1.29, 1.82) is 0 Å². The Kier molecular flexibility index (Phi) is 2.76. The van der Waals surface area contributed by atoms with Crippen molar-refractivity contribution in [3.63, 3.8) is 0 Å². The molecule has 4 heteroatoms. The average Bonchev–Trinajstić information content (AvgIpc) is 3.13. The quantitative estimate of drug-likeness (QED) is 0.703. The van der Waals surface area contributed by atoms with Gasteiger partial charge < -0.3 is 0 Å². The SMILES string of the molecule is CCC1(C)Cc2ccsc2C(c2cnn3cccc3c2)=N1.